The summed E-state index contributed by atoms with van der Waals surface area (Å²) >= 11 is 0. The minimum Gasteiger partial charge on any atom is -0.493 e. The van der Waals surface area contributed by atoms with Crippen LogP contribution < -0.4 is 14.8 Å². The van der Waals surface area contributed by atoms with E-state index >= 15 is 0 Å². The van der Waals surface area contributed by atoms with Crippen molar-refractivity contribution in [1.82, 2.24) is 4.90 Å². The highest BCUT2D eigenvalue weighted by atomic mass is 19.4. The molecule has 2 aromatic rings. The van der Waals surface area contributed by atoms with Gasteiger partial charge in [0, 0.05) is 12.6 Å². The molecule has 0 saturated carbocycles. The number of nitrogens with one attached hydrogen (secondary N) is 1. The summed E-state index contributed by atoms with van der Waals surface area (Å²) in [5, 5.41) is 2.37. The van der Waals surface area contributed by atoms with Crippen LogP contribution in [0, 0.1) is 0 Å². The van der Waals surface area contributed by atoms with Gasteiger partial charge >= 0.3 is 12.1 Å². The van der Waals surface area contributed by atoms with Crippen LogP contribution in [0.5, 0.6) is 11.5 Å². The third kappa shape index (κ3) is 5.80. The molecule has 0 unspecified atom stereocenters. The summed E-state index contributed by atoms with van der Waals surface area (Å²) in [6.07, 6.45) is -4.07. The number of nitrogens with zero attached hydrogens (tertiary/aromatic N) is 1. The molecule has 0 spiro atoms. The summed E-state index contributed by atoms with van der Waals surface area (Å²) in [5.74, 6) is -0.0379. The van der Waals surface area contributed by atoms with Crippen LogP contribution in [0.3, 0.4) is 0 Å². The number of carbonyl (C=O) groups excluding carboxylic acids is 2. The molecule has 3 rings (SSSR count). The average Bonchev–Trinajstić information content (AvgIpc) is 2.79. The quantitative estimate of drug-likeness (QED) is 0.571. The monoisotopic (exact) mass is 480 g/mol. The zero-order valence-corrected chi connectivity index (χ0v) is 19.2. The van der Waals surface area contributed by atoms with Crippen molar-refractivity contribution in [2.45, 2.75) is 32.0 Å². The van der Waals surface area contributed by atoms with Gasteiger partial charge < -0.3 is 19.5 Å². The molecule has 0 aliphatic carbocycles. The number of alkyl halides is 3. The van der Waals surface area contributed by atoms with Gasteiger partial charge in [-0.05, 0) is 48.7 Å². The van der Waals surface area contributed by atoms with Crippen molar-refractivity contribution in [2.75, 3.05) is 39.2 Å². The summed E-state index contributed by atoms with van der Waals surface area (Å²) in [4.78, 5) is 26.9. The topological polar surface area (TPSA) is 77.1 Å². The molecule has 7 nitrogen and oxygen atoms in total. The third-order valence-corrected chi connectivity index (χ3v) is 5.63. The van der Waals surface area contributed by atoms with Crippen LogP contribution in [-0.2, 0) is 26.9 Å². The normalized spacial score (nSPS) is 15.9. The lowest BCUT2D eigenvalue weighted by Crippen LogP contribution is -2.41. The first-order valence-electron chi connectivity index (χ1n) is 10.8. The number of amides is 1. The molecule has 0 radical (unpaired) electrons. The zero-order chi connectivity index (χ0) is 24.9. The second kappa shape index (κ2) is 10.8. The van der Waals surface area contributed by atoms with Crippen molar-refractivity contribution in [3.8, 4) is 11.5 Å². The van der Waals surface area contributed by atoms with E-state index in [9.17, 15) is 22.8 Å². The molecule has 0 aromatic heterocycles. The van der Waals surface area contributed by atoms with E-state index in [4.69, 9.17) is 14.2 Å². The van der Waals surface area contributed by atoms with E-state index in [1.807, 2.05) is 6.07 Å². The molecule has 1 heterocycles. The molecule has 1 amide bonds. The Morgan fingerprint density at radius 3 is 2.44 bits per heavy atom. The number of rotatable bonds is 8. The first-order chi connectivity index (χ1) is 16.2. The Bertz CT molecular complexity index is 1040. The molecular weight excluding hydrogens is 453 g/mol. The largest absolute Gasteiger partial charge is 0.493 e. The molecule has 0 saturated heterocycles. The van der Waals surface area contributed by atoms with Crippen LogP contribution in [-0.4, -0.2) is 50.7 Å². The molecule has 1 aliphatic rings. The van der Waals surface area contributed by atoms with E-state index in [0.29, 0.717) is 24.5 Å². The van der Waals surface area contributed by atoms with Crippen LogP contribution in [0.25, 0.3) is 0 Å². The summed E-state index contributed by atoms with van der Waals surface area (Å²) in [6.45, 7) is 2.12. The Balaban J connectivity index is 1.87. The summed E-state index contributed by atoms with van der Waals surface area (Å²) in [5.41, 5.74) is 0.476. The molecule has 0 bridgehead atoms. The van der Waals surface area contributed by atoms with Gasteiger partial charge in [-0.2, -0.15) is 13.2 Å². The third-order valence-electron chi connectivity index (χ3n) is 5.63. The van der Waals surface area contributed by atoms with Crippen molar-refractivity contribution in [3.63, 3.8) is 0 Å². The number of hydrogen-bond donors (Lipinski definition) is 1. The van der Waals surface area contributed by atoms with Crippen LogP contribution in [0.4, 0.5) is 18.9 Å². The van der Waals surface area contributed by atoms with E-state index in [1.165, 1.54) is 32.4 Å². The minimum atomic E-state index is -4.60. The van der Waals surface area contributed by atoms with E-state index in [-0.39, 0.29) is 25.3 Å². The molecule has 0 fully saturated rings. The molecule has 1 atom stereocenters. The number of methoxy groups -OCH3 is 2. The van der Waals surface area contributed by atoms with Gasteiger partial charge in [0.15, 0.2) is 11.5 Å². The van der Waals surface area contributed by atoms with Gasteiger partial charge in [0.2, 0.25) is 5.91 Å². The van der Waals surface area contributed by atoms with Crippen molar-refractivity contribution in [2.24, 2.45) is 0 Å². The summed E-state index contributed by atoms with van der Waals surface area (Å²) in [6, 6.07) is 7.88. The maximum atomic E-state index is 13.3. The Morgan fingerprint density at radius 2 is 1.79 bits per heavy atom. The molecule has 1 N–H and O–H groups in total. The fourth-order valence-electron chi connectivity index (χ4n) is 4.10. The van der Waals surface area contributed by atoms with Gasteiger partial charge in [-0.3, -0.25) is 14.5 Å². The Labute approximate surface area is 195 Å². The Kier molecular flexibility index (Phi) is 8.03. The lowest BCUT2D eigenvalue weighted by molar-refractivity contribution is -0.145. The van der Waals surface area contributed by atoms with E-state index in [0.717, 1.165) is 17.2 Å². The van der Waals surface area contributed by atoms with Gasteiger partial charge in [-0.25, -0.2) is 0 Å². The predicted molar refractivity (Wildman–Crippen MR) is 119 cm³/mol. The SMILES string of the molecule is CCOC(=O)C[C@H]1c2cc(OC)c(OC)cc2CCN1CC(=O)Nc1ccccc1C(F)(F)F. The molecule has 1 aliphatic heterocycles. The zero-order valence-electron chi connectivity index (χ0n) is 19.2. The number of esters is 1. The van der Waals surface area contributed by atoms with Crippen LogP contribution in [0.1, 0.15) is 36.1 Å². The number of fused-ring (bicyclic) bond motifs is 1. The van der Waals surface area contributed by atoms with Crippen LogP contribution >= 0.6 is 0 Å². The van der Waals surface area contributed by atoms with Gasteiger partial charge in [-0.1, -0.05) is 12.1 Å². The maximum absolute atomic E-state index is 13.3. The second-order valence-electron chi connectivity index (χ2n) is 7.74. The number of benzene rings is 2. The number of halogens is 3. The van der Waals surface area contributed by atoms with Gasteiger partial charge in [0.25, 0.3) is 0 Å². The lowest BCUT2D eigenvalue weighted by atomic mass is 9.90. The number of carbonyl (C=O) groups is 2. The average molecular weight is 480 g/mol. The highest BCUT2D eigenvalue weighted by Crippen LogP contribution is 2.40. The molecular formula is C24H27F3N2O5. The molecule has 10 heteroatoms. The van der Waals surface area contributed by atoms with E-state index in [2.05, 4.69) is 5.32 Å². The van der Waals surface area contributed by atoms with Crippen molar-refractivity contribution in [3.05, 3.63) is 53.1 Å². The molecule has 184 valence electrons. The lowest BCUT2D eigenvalue weighted by Gasteiger charge is -2.37. The minimum absolute atomic E-state index is 0.0251. The number of para-hydroxylation sites is 1. The molecule has 2 aromatic carbocycles. The molecule has 34 heavy (non-hydrogen) atoms. The summed E-state index contributed by atoms with van der Waals surface area (Å²) < 4.78 is 55.8. The van der Waals surface area contributed by atoms with Crippen molar-refractivity contribution in [1.29, 1.82) is 0 Å². The van der Waals surface area contributed by atoms with Crippen molar-refractivity contribution >= 4 is 17.6 Å². The standard InChI is InChI=1S/C24H27F3N2O5/c1-4-34-23(31)13-19-16-12-21(33-3)20(32-2)11-15(16)9-10-29(19)14-22(30)28-18-8-6-5-7-17(18)24(25,26)27/h5-8,11-12,19H,4,9-10,13-14H2,1-3H3,(H,28,30)/t19-/m0/s1. The fraction of sp³-hybridized carbons (Fsp3) is 0.417. The van der Waals surface area contributed by atoms with E-state index in [1.54, 1.807) is 17.9 Å². The van der Waals surface area contributed by atoms with Crippen LogP contribution in [0.15, 0.2) is 36.4 Å². The van der Waals surface area contributed by atoms with Crippen LogP contribution in [0.2, 0.25) is 0 Å². The number of anilines is 1. The number of ether oxygens (including phenoxy) is 3. The van der Waals surface area contributed by atoms with Gasteiger partial charge in [0.05, 0.1) is 45.0 Å². The van der Waals surface area contributed by atoms with Gasteiger partial charge in [0.1, 0.15) is 0 Å². The Morgan fingerprint density at radius 1 is 1.12 bits per heavy atom. The highest BCUT2D eigenvalue weighted by molar-refractivity contribution is 5.93. The fourth-order valence-corrected chi connectivity index (χ4v) is 4.10. The van der Waals surface area contributed by atoms with E-state index < -0.39 is 29.7 Å². The van der Waals surface area contributed by atoms with Crippen molar-refractivity contribution < 1.29 is 37.0 Å². The van der Waals surface area contributed by atoms with Gasteiger partial charge in [-0.15, -0.1) is 0 Å². The summed E-state index contributed by atoms with van der Waals surface area (Å²) in [7, 11) is 3.02. The maximum Gasteiger partial charge on any atom is 0.418 e. The highest BCUT2D eigenvalue weighted by Gasteiger charge is 2.35. The smallest absolute Gasteiger partial charge is 0.418 e. The predicted octanol–water partition coefficient (Wildman–Crippen LogP) is 4.21. The Hall–Kier alpha value is -3.27. The second-order valence-corrected chi connectivity index (χ2v) is 7.74. The number of hydrogen-bond acceptors (Lipinski definition) is 6. The first kappa shape index (κ1) is 25.4. The first-order valence-corrected chi connectivity index (χ1v) is 10.8.